The number of hydrogen-bond donors (Lipinski definition) is 2. The van der Waals surface area contributed by atoms with Crippen LogP contribution in [0.25, 0.3) is 22.1 Å². The highest BCUT2D eigenvalue weighted by Crippen LogP contribution is 2.25. The van der Waals surface area contributed by atoms with Crippen LogP contribution in [0, 0.1) is 0 Å². The molecule has 3 aromatic carbocycles. The standard InChI is InChI=1S/C26H23NO6/c1-31-20-5-3-4-18(13-20)17-8-6-16(7-9-17)12-22(26(29)30)27-25(28)24-15-19-14-21(32-2)10-11-23(19)33-24/h3-11,13-15,22H,12H2,1-2H3,(H,27,28)(H,29,30). The van der Waals surface area contributed by atoms with Gasteiger partial charge in [-0.2, -0.15) is 0 Å². The van der Waals surface area contributed by atoms with Crippen LogP contribution in [0.15, 0.2) is 77.2 Å². The number of fused-ring (bicyclic) bond motifs is 1. The molecule has 0 aliphatic heterocycles. The van der Waals surface area contributed by atoms with Crippen LogP contribution >= 0.6 is 0 Å². The Morgan fingerprint density at radius 1 is 0.909 bits per heavy atom. The molecule has 4 rings (SSSR count). The summed E-state index contributed by atoms with van der Waals surface area (Å²) in [7, 11) is 3.17. The van der Waals surface area contributed by atoms with Crippen molar-refractivity contribution in [3.8, 4) is 22.6 Å². The van der Waals surface area contributed by atoms with E-state index < -0.39 is 17.9 Å². The fourth-order valence-corrected chi connectivity index (χ4v) is 3.56. The van der Waals surface area contributed by atoms with Gasteiger partial charge in [0.25, 0.3) is 5.91 Å². The first-order chi connectivity index (χ1) is 16.0. The minimum atomic E-state index is -1.13. The van der Waals surface area contributed by atoms with Crippen LogP contribution in [-0.2, 0) is 11.2 Å². The van der Waals surface area contributed by atoms with Crippen molar-refractivity contribution in [2.75, 3.05) is 14.2 Å². The second kappa shape index (κ2) is 9.48. The van der Waals surface area contributed by atoms with E-state index in [1.807, 2.05) is 48.5 Å². The van der Waals surface area contributed by atoms with Gasteiger partial charge in [0, 0.05) is 11.8 Å². The molecular formula is C26H23NO6. The fraction of sp³-hybridized carbons (Fsp3) is 0.154. The topological polar surface area (TPSA) is 98.0 Å². The number of ether oxygens (including phenoxy) is 2. The van der Waals surface area contributed by atoms with Crippen LogP contribution in [0.2, 0.25) is 0 Å². The van der Waals surface area contributed by atoms with Gasteiger partial charge in [-0.25, -0.2) is 4.79 Å². The van der Waals surface area contributed by atoms with Gasteiger partial charge in [0.05, 0.1) is 14.2 Å². The van der Waals surface area contributed by atoms with Crippen molar-refractivity contribution >= 4 is 22.8 Å². The van der Waals surface area contributed by atoms with Crippen LogP contribution < -0.4 is 14.8 Å². The number of aliphatic carboxylic acids is 1. The molecule has 0 saturated carbocycles. The summed E-state index contributed by atoms with van der Waals surface area (Å²) in [6.45, 7) is 0. The molecule has 1 amide bonds. The maximum Gasteiger partial charge on any atom is 0.326 e. The van der Waals surface area contributed by atoms with Crippen LogP contribution in [0.3, 0.4) is 0 Å². The van der Waals surface area contributed by atoms with Gasteiger partial charge in [-0.1, -0.05) is 36.4 Å². The van der Waals surface area contributed by atoms with Gasteiger partial charge in [0.1, 0.15) is 23.1 Å². The lowest BCUT2D eigenvalue weighted by molar-refractivity contribution is -0.139. The third-order valence-corrected chi connectivity index (χ3v) is 5.35. The summed E-state index contributed by atoms with van der Waals surface area (Å²) in [4.78, 5) is 24.5. The number of nitrogens with one attached hydrogen (secondary N) is 1. The summed E-state index contributed by atoms with van der Waals surface area (Å²) < 4.78 is 16.0. The normalized spacial score (nSPS) is 11.7. The maximum absolute atomic E-state index is 12.7. The molecule has 0 bridgehead atoms. The average Bonchev–Trinajstić information content (AvgIpc) is 3.27. The second-order valence-corrected chi connectivity index (χ2v) is 7.51. The van der Waals surface area contributed by atoms with Gasteiger partial charge in [0.15, 0.2) is 5.76 Å². The lowest BCUT2D eigenvalue weighted by atomic mass is 10.0. The first-order valence-electron chi connectivity index (χ1n) is 10.3. The quantitative estimate of drug-likeness (QED) is 0.413. The molecule has 0 aliphatic carbocycles. The Labute approximate surface area is 190 Å². The highest BCUT2D eigenvalue weighted by atomic mass is 16.5. The third-order valence-electron chi connectivity index (χ3n) is 5.35. The average molecular weight is 445 g/mol. The molecule has 1 aromatic heterocycles. The highest BCUT2D eigenvalue weighted by Gasteiger charge is 2.23. The molecule has 7 nitrogen and oxygen atoms in total. The largest absolute Gasteiger partial charge is 0.497 e. The van der Waals surface area contributed by atoms with Crippen molar-refractivity contribution in [1.82, 2.24) is 5.32 Å². The molecule has 0 radical (unpaired) electrons. The molecule has 1 heterocycles. The molecule has 4 aromatic rings. The van der Waals surface area contributed by atoms with Gasteiger partial charge in [0.2, 0.25) is 0 Å². The zero-order valence-corrected chi connectivity index (χ0v) is 18.2. The van der Waals surface area contributed by atoms with Crippen molar-refractivity contribution in [2.24, 2.45) is 0 Å². The molecule has 0 spiro atoms. The number of rotatable bonds is 8. The van der Waals surface area contributed by atoms with E-state index in [1.54, 1.807) is 38.5 Å². The summed E-state index contributed by atoms with van der Waals surface area (Å²) in [5.41, 5.74) is 3.27. The van der Waals surface area contributed by atoms with Crippen LogP contribution in [0.1, 0.15) is 16.1 Å². The number of furan rings is 1. The molecule has 33 heavy (non-hydrogen) atoms. The molecule has 1 unspecified atom stereocenters. The van der Waals surface area contributed by atoms with Crippen molar-refractivity contribution in [3.05, 3.63) is 84.1 Å². The number of carbonyl (C=O) groups is 2. The van der Waals surface area contributed by atoms with Crippen LogP contribution in [0.4, 0.5) is 0 Å². The van der Waals surface area contributed by atoms with E-state index >= 15 is 0 Å². The summed E-state index contributed by atoms with van der Waals surface area (Å²) in [5, 5.41) is 12.9. The SMILES string of the molecule is COc1cccc(-c2ccc(CC(NC(=O)c3cc4cc(OC)ccc4o3)C(=O)O)cc2)c1. The number of hydrogen-bond acceptors (Lipinski definition) is 5. The molecule has 2 N–H and O–H groups in total. The number of methoxy groups -OCH3 is 2. The summed E-state index contributed by atoms with van der Waals surface area (Å²) >= 11 is 0. The number of carboxylic acid groups (broad SMARTS) is 1. The molecule has 1 atom stereocenters. The van der Waals surface area contributed by atoms with Crippen LogP contribution in [-0.4, -0.2) is 37.2 Å². The summed E-state index contributed by atoms with van der Waals surface area (Å²) in [6.07, 6.45) is 0.132. The second-order valence-electron chi connectivity index (χ2n) is 7.51. The van der Waals surface area contributed by atoms with Crippen molar-refractivity contribution in [3.63, 3.8) is 0 Å². The molecular weight excluding hydrogens is 422 g/mol. The smallest absolute Gasteiger partial charge is 0.326 e. The van der Waals surface area contributed by atoms with Crippen LogP contribution in [0.5, 0.6) is 11.5 Å². The van der Waals surface area contributed by atoms with E-state index in [2.05, 4.69) is 5.32 Å². The zero-order chi connectivity index (χ0) is 23.4. The Bertz CT molecular complexity index is 1290. The molecule has 7 heteroatoms. The van der Waals surface area contributed by atoms with Gasteiger partial charge < -0.3 is 24.3 Å². The molecule has 0 fully saturated rings. The minimum Gasteiger partial charge on any atom is -0.497 e. The van der Waals surface area contributed by atoms with E-state index in [-0.39, 0.29) is 12.2 Å². The Balaban J connectivity index is 1.47. The van der Waals surface area contributed by atoms with Gasteiger partial charge in [-0.3, -0.25) is 4.79 Å². The maximum atomic E-state index is 12.7. The Morgan fingerprint density at radius 2 is 1.64 bits per heavy atom. The van der Waals surface area contributed by atoms with Gasteiger partial charge in [-0.15, -0.1) is 0 Å². The van der Waals surface area contributed by atoms with Gasteiger partial charge >= 0.3 is 5.97 Å². The third kappa shape index (κ3) is 4.98. The fourth-order valence-electron chi connectivity index (χ4n) is 3.56. The molecule has 0 saturated heterocycles. The number of amides is 1. The predicted octanol–water partition coefficient (Wildman–Crippen LogP) is 4.54. The van der Waals surface area contributed by atoms with Crippen molar-refractivity contribution < 1.29 is 28.6 Å². The Kier molecular flexibility index (Phi) is 6.31. The van der Waals surface area contributed by atoms with E-state index in [4.69, 9.17) is 13.9 Å². The van der Waals surface area contributed by atoms with E-state index in [0.717, 1.165) is 22.4 Å². The van der Waals surface area contributed by atoms with E-state index in [1.165, 1.54) is 0 Å². The predicted molar refractivity (Wildman–Crippen MR) is 124 cm³/mol. The van der Waals surface area contributed by atoms with E-state index in [9.17, 15) is 14.7 Å². The zero-order valence-electron chi connectivity index (χ0n) is 18.2. The lowest BCUT2D eigenvalue weighted by Crippen LogP contribution is -2.42. The van der Waals surface area contributed by atoms with E-state index in [0.29, 0.717) is 16.7 Å². The first kappa shape index (κ1) is 22.0. The Hall–Kier alpha value is -4.26. The lowest BCUT2D eigenvalue weighted by Gasteiger charge is -2.14. The number of carboxylic acids is 1. The molecule has 0 aliphatic rings. The minimum absolute atomic E-state index is 0.0397. The molecule has 168 valence electrons. The number of benzene rings is 3. The summed E-state index contributed by atoms with van der Waals surface area (Å²) in [5.74, 6) is -0.285. The monoisotopic (exact) mass is 445 g/mol. The van der Waals surface area contributed by atoms with Crippen molar-refractivity contribution in [2.45, 2.75) is 12.5 Å². The summed E-state index contributed by atoms with van der Waals surface area (Å²) in [6, 6.07) is 20.8. The van der Waals surface area contributed by atoms with Crippen molar-refractivity contribution in [1.29, 1.82) is 0 Å². The highest BCUT2D eigenvalue weighted by molar-refractivity contribution is 5.98. The van der Waals surface area contributed by atoms with Gasteiger partial charge in [-0.05, 0) is 53.1 Å². The number of carbonyl (C=O) groups excluding carboxylic acids is 1. The first-order valence-corrected chi connectivity index (χ1v) is 10.3. The Morgan fingerprint density at radius 3 is 2.33 bits per heavy atom.